The standard InChI is InChI=1S/C14H23N3O2S/c1-9-5-13(16-15)6-10(2)14(9)20(18,19)17-7-11(3)12(4)8-17/h5-6,11-12,16H,7-8,15H2,1-4H3. The first-order valence-corrected chi connectivity index (χ1v) is 8.29. The molecule has 3 N–H and O–H groups in total. The zero-order valence-electron chi connectivity index (χ0n) is 12.5. The number of hydrogen-bond acceptors (Lipinski definition) is 4. The van der Waals surface area contributed by atoms with Crippen LogP contribution in [0.2, 0.25) is 0 Å². The lowest BCUT2D eigenvalue weighted by atomic mass is 10.0. The van der Waals surface area contributed by atoms with Gasteiger partial charge < -0.3 is 5.43 Å². The molecule has 0 saturated carbocycles. The second kappa shape index (κ2) is 5.35. The molecular weight excluding hydrogens is 274 g/mol. The summed E-state index contributed by atoms with van der Waals surface area (Å²) in [7, 11) is -3.43. The van der Waals surface area contributed by atoms with Gasteiger partial charge in [-0.2, -0.15) is 4.31 Å². The van der Waals surface area contributed by atoms with Gasteiger partial charge in [0, 0.05) is 18.8 Å². The highest BCUT2D eigenvalue weighted by Gasteiger charge is 2.36. The third-order valence-corrected chi connectivity index (χ3v) is 6.32. The van der Waals surface area contributed by atoms with E-state index in [1.165, 1.54) is 0 Å². The monoisotopic (exact) mass is 297 g/mol. The Balaban J connectivity index is 2.45. The normalized spacial score (nSPS) is 24.1. The number of sulfonamides is 1. The van der Waals surface area contributed by atoms with E-state index in [0.717, 1.165) is 16.8 Å². The first-order chi connectivity index (χ1) is 9.27. The predicted molar refractivity (Wildman–Crippen MR) is 80.8 cm³/mol. The van der Waals surface area contributed by atoms with Crippen LogP contribution in [0.1, 0.15) is 25.0 Å². The molecule has 1 fully saturated rings. The average molecular weight is 297 g/mol. The smallest absolute Gasteiger partial charge is 0.243 e. The molecule has 2 rings (SSSR count). The summed E-state index contributed by atoms with van der Waals surface area (Å²) in [5.41, 5.74) is 4.74. The van der Waals surface area contributed by atoms with Crippen LogP contribution in [-0.2, 0) is 10.0 Å². The number of hydrazine groups is 1. The third kappa shape index (κ3) is 2.55. The van der Waals surface area contributed by atoms with Crippen LogP contribution in [0, 0.1) is 25.7 Å². The molecule has 1 aromatic rings. The van der Waals surface area contributed by atoms with E-state index in [2.05, 4.69) is 19.3 Å². The van der Waals surface area contributed by atoms with Crippen molar-refractivity contribution >= 4 is 15.7 Å². The SMILES string of the molecule is Cc1cc(NN)cc(C)c1S(=O)(=O)N1CC(C)C(C)C1. The summed E-state index contributed by atoms with van der Waals surface area (Å²) in [6.07, 6.45) is 0. The molecule has 0 aromatic heterocycles. The molecule has 1 saturated heterocycles. The van der Waals surface area contributed by atoms with Gasteiger partial charge in [0.05, 0.1) is 4.90 Å². The molecule has 0 spiro atoms. The lowest BCUT2D eigenvalue weighted by Gasteiger charge is -2.20. The van der Waals surface area contributed by atoms with Crippen LogP contribution in [0.5, 0.6) is 0 Å². The summed E-state index contributed by atoms with van der Waals surface area (Å²) in [5, 5.41) is 0. The van der Waals surface area contributed by atoms with E-state index >= 15 is 0 Å². The van der Waals surface area contributed by atoms with Gasteiger partial charge in [-0.25, -0.2) is 8.42 Å². The van der Waals surface area contributed by atoms with Crippen molar-refractivity contribution in [3.8, 4) is 0 Å². The summed E-state index contributed by atoms with van der Waals surface area (Å²) < 4.78 is 27.3. The highest BCUT2D eigenvalue weighted by Crippen LogP contribution is 2.32. The Bertz CT molecular complexity index is 580. The maximum absolute atomic E-state index is 12.8. The maximum Gasteiger partial charge on any atom is 0.243 e. The van der Waals surface area contributed by atoms with Crippen molar-refractivity contribution in [2.45, 2.75) is 32.6 Å². The van der Waals surface area contributed by atoms with Crippen LogP contribution in [0.15, 0.2) is 17.0 Å². The van der Waals surface area contributed by atoms with Crippen LogP contribution in [0.3, 0.4) is 0 Å². The molecule has 20 heavy (non-hydrogen) atoms. The van der Waals surface area contributed by atoms with E-state index in [1.807, 2.05) is 13.8 Å². The van der Waals surface area contributed by atoms with Crippen molar-refractivity contribution in [1.29, 1.82) is 0 Å². The topological polar surface area (TPSA) is 75.4 Å². The Morgan fingerprint density at radius 2 is 1.60 bits per heavy atom. The van der Waals surface area contributed by atoms with E-state index < -0.39 is 10.0 Å². The quantitative estimate of drug-likeness (QED) is 0.659. The number of nitrogens with one attached hydrogen (secondary N) is 1. The first-order valence-electron chi connectivity index (χ1n) is 6.85. The molecule has 0 amide bonds. The fraction of sp³-hybridized carbons (Fsp3) is 0.571. The summed E-state index contributed by atoms with van der Waals surface area (Å²) in [6.45, 7) is 9.01. The van der Waals surface area contributed by atoms with Gasteiger partial charge in [-0.3, -0.25) is 5.84 Å². The second-order valence-corrected chi connectivity index (χ2v) is 7.73. The summed E-state index contributed by atoms with van der Waals surface area (Å²) in [5.74, 6) is 6.19. The van der Waals surface area contributed by atoms with E-state index in [-0.39, 0.29) is 0 Å². The van der Waals surface area contributed by atoms with Gasteiger partial charge in [-0.1, -0.05) is 13.8 Å². The number of nitrogens with zero attached hydrogens (tertiary/aromatic N) is 1. The van der Waals surface area contributed by atoms with E-state index in [4.69, 9.17) is 5.84 Å². The van der Waals surface area contributed by atoms with Gasteiger partial charge in [0.2, 0.25) is 10.0 Å². The predicted octanol–water partition coefficient (Wildman–Crippen LogP) is 1.87. The Morgan fingerprint density at radius 1 is 1.15 bits per heavy atom. The summed E-state index contributed by atoms with van der Waals surface area (Å²) in [6, 6.07) is 3.53. The average Bonchev–Trinajstić information content (AvgIpc) is 2.69. The number of nitrogen functional groups attached to an aromatic ring is 1. The van der Waals surface area contributed by atoms with E-state index in [9.17, 15) is 8.42 Å². The first kappa shape index (κ1) is 15.3. The summed E-state index contributed by atoms with van der Waals surface area (Å²) >= 11 is 0. The Kier molecular flexibility index (Phi) is 4.09. The van der Waals surface area contributed by atoms with Crippen molar-refractivity contribution in [3.63, 3.8) is 0 Å². The van der Waals surface area contributed by atoms with Crippen molar-refractivity contribution in [2.24, 2.45) is 17.7 Å². The van der Waals surface area contributed by atoms with Crippen LogP contribution >= 0.6 is 0 Å². The molecule has 2 atom stereocenters. The van der Waals surface area contributed by atoms with Crippen LogP contribution < -0.4 is 11.3 Å². The molecular formula is C14H23N3O2S. The zero-order valence-corrected chi connectivity index (χ0v) is 13.3. The van der Waals surface area contributed by atoms with E-state index in [0.29, 0.717) is 29.8 Å². The maximum atomic E-state index is 12.8. The lowest BCUT2D eigenvalue weighted by Crippen LogP contribution is -2.30. The number of rotatable bonds is 3. The van der Waals surface area contributed by atoms with Gasteiger partial charge in [0.1, 0.15) is 0 Å². The van der Waals surface area contributed by atoms with Crippen LogP contribution in [-0.4, -0.2) is 25.8 Å². The minimum atomic E-state index is -3.43. The fourth-order valence-corrected chi connectivity index (χ4v) is 4.90. The molecule has 112 valence electrons. The number of hydrogen-bond donors (Lipinski definition) is 2. The van der Waals surface area contributed by atoms with Crippen LogP contribution in [0.25, 0.3) is 0 Å². The van der Waals surface area contributed by atoms with Gasteiger partial charge in [0.25, 0.3) is 0 Å². The minimum Gasteiger partial charge on any atom is -0.324 e. The summed E-state index contributed by atoms with van der Waals surface area (Å²) in [4.78, 5) is 0.415. The second-order valence-electron chi connectivity index (χ2n) is 5.86. The fourth-order valence-electron chi connectivity index (χ4n) is 2.84. The van der Waals surface area contributed by atoms with Gasteiger partial charge >= 0.3 is 0 Å². The lowest BCUT2D eigenvalue weighted by molar-refractivity contribution is 0.462. The van der Waals surface area contributed by atoms with Crippen LogP contribution in [0.4, 0.5) is 5.69 Å². The van der Waals surface area contributed by atoms with E-state index in [1.54, 1.807) is 16.4 Å². The Morgan fingerprint density at radius 3 is 2.00 bits per heavy atom. The minimum absolute atomic E-state index is 0.398. The van der Waals surface area contributed by atoms with Crippen molar-refractivity contribution in [2.75, 3.05) is 18.5 Å². The molecule has 6 heteroatoms. The number of anilines is 1. The Hall–Kier alpha value is -1.11. The number of aryl methyl sites for hydroxylation is 2. The van der Waals surface area contributed by atoms with Crippen molar-refractivity contribution in [3.05, 3.63) is 23.3 Å². The molecule has 0 aliphatic carbocycles. The molecule has 1 aromatic carbocycles. The molecule has 5 nitrogen and oxygen atoms in total. The molecule has 2 unspecified atom stereocenters. The number of benzene rings is 1. The molecule has 1 aliphatic rings. The van der Waals surface area contributed by atoms with Gasteiger partial charge in [-0.15, -0.1) is 0 Å². The largest absolute Gasteiger partial charge is 0.324 e. The zero-order chi connectivity index (χ0) is 15.1. The highest BCUT2D eigenvalue weighted by molar-refractivity contribution is 7.89. The highest BCUT2D eigenvalue weighted by atomic mass is 32.2. The Labute approximate surface area is 121 Å². The van der Waals surface area contributed by atoms with Crippen molar-refractivity contribution in [1.82, 2.24) is 4.31 Å². The molecule has 0 radical (unpaired) electrons. The third-order valence-electron chi connectivity index (χ3n) is 4.18. The molecule has 0 bridgehead atoms. The van der Waals surface area contributed by atoms with Gasteiger partial charge in [-0.05, 0) is 48.9 Å². The van der Waals surface area contributed by atoms with Crippen molar-refractivity contribution < 1.29 is 8.42 Å². The molecule has 1 aliphatic heterocycles. The molecule has 1 heterocycles. The van der Waals surface area contributed by atoms with Gasteiger partial charge in [0.15, 0.2) is 0 Å². The number of nitrogens with two attached hydrogens (primary N) is 1.